The van der Waals surface area contributed by atoms with E-state index in [-0.39, 0.29) is 6.71 Å². The van der Waals surface area contributed by atoms with Crippen molar-refractivity contribution in [1.82, 2.24) is 19.1 Å². The molecule has 2 aliphatic heterocycles. The van der Waals surface area contributed by atoms with Crippen LogP contribution in [0.1, 0.15) is 0 Å². The first-order valence-corrected chi connectivity index (χ1v) is 21.7. The normalized spacial score (nSPS) is 12.4. The molecule has 2 aliphatic rings. The van der Waals surface area contributed by atoms with E-state index in [1.165, 1.54) is 116 Å². The lowest BCUT2D eigenvalue weighted by atomic mass is 9.34. The first-order valence-electron chi connectivity index (χ1n) is 21.7. The first kappa shape index (κ1) is 34.4. The average Bonchev–Trinajstić information content (AvgIpc) is 3.89. The van der Waals surface area contributed by atoms with Gasteiger partial charge in [-0.3, -0.25) is 0 Å². The summed E-state index contributed by atoms with van der Waals surface area (Å²) in [5.41, 5.74) is 22.8. The number of rotatable bonds is 5. The third kappa shape index (κ3) is 4.87. The van der Waals surface area contributed by atoms with Gasteiger partial charge in [-0.2, -0.15) is 0 Å². The van der Waals surface area contributed by atoms with Crippen molar-refractivity contribution in [2.75, 3.05) is 0 Å². The number of fused-ring (bicyclic) bond motifs is 10. The number of hydrogen-bond donors (Lipinski definition) is 0. The summed E-state index contributed by atoms with van der Waals surface area (Å²) in [5, 5.41) is 5.05. The summed E-state index contributed by atoms with van der Waals surface area (Å²) in [7, 11) is 0. The molecule has 0 fully saturated rings. The fourth-order valence-corrected chi connectivity index (χ4v) is 11.1. The largest absolute Gasteiger partial charge is 0.310 e. The van der Waals surface area contributed by atoms with Crippen molar-refractivity contribution in [1.29, 1.82) is 0 Å². The summed E-state index contributed by atoms with van der Waals surface area (Å²) in [6.07, 6.45) is 3.51. The van der Waals surface area contributed by atoms with Crippen molar-refractivity contribution in [3.8, 4) is 67.1 Å². The molecule has 0 amide bonds. The summed E-state index contributed by atoms with van der Waals surface area (Å²) >= 11 is 0. The smallest absolute Gasteiger partial charge is 0.252 e. The van der Waals surface area contributed by atoms with Gasteiger partial charge in [0.1, 0.15) is 6.33 Å². The Kier molecular flexibility index (Phi) is 7.17. The lowest BCUT2D eigenvalue weighted by Gasteiger charge is -2.34. The van der Waals surface area contributed by atoms with E-state index in [2.05, 4.69) is 208 Å². The van der Waals surface area contributed by atoms with Crippen LogP contribution in [0.2, 0.25) is 0 Å². The van der Waals surface area contributed by atoms with Gasteiger partial charge in [0.25, 0.3) is 6.71 Å². The maximum absolute atomic E-state index is 4.88. The van der Waals surface area contributed by atoms with Crippen LogP contribution in [0, 0.1) is 0 Å². The standard InChI is InChI=1S/C58H35BN4/c1-5-15-36(16-6-1)40-29-45(38-19-9-3-10-20-38)54-43-23-13-25-47-57(43)62(50(54)31-40)52-33-42(49-27-28-60-35-61-49)34-53-56(52)59(47)48-26-14-24-44-55-46(39-21-11-4-12-22-39)30-41(37-17-7-2-8-18-37)32-51(55)63(53)58(44)48/h1-35H. The maximum Gasteiger partial charge on any atom is 0.252 e. The molecule has 4 nitrogen and oxygen atoms in total. The molecule has 0 spiro atoms. The first-order chi connectivity index (χ1) is 31.3. The number of nitrogens with zero attached hydrogens (tertiary/aromatic N) is 4. The van der Waals surface area contributed by atoms with E-state index in [9.17, 15) is 0 Å². The fraction of sp³-hybridized carbons (Fsp3) is 0. The highest BCUT2D eigenvalue weighted by molar-refractivity contribution is 7.00. The summed E-state index contributed by atoms with van der Waals surface area (Å²) in [6, 6.07) is 73.9. The van der Waals surface area contributed by atoms with Crippen LogP contribution < -0.4 is 16.4 Å². The summed E-state index contributed by atoms with van der Waals surface area (Å²) in [5.74, 6) is 0. The summed E-state index contributed by atoms with van der Waals surface area (Å²) < 4.78 is 5.17. The van der Waals surface area contributed by atoms with Gasteiger partial charge in [-0.15, -0.1) is 0 Å². The van der Waals surface area contributed by atoms with Gasteiger partial charge in [0, 0.05) is 55.7 Å². The molecule has 0 N–H and O–H groups in total. The lowest BCUT2D eigenvalue weighted by molar-refractivity contribution is 1.13. The summed E-state index contributed by atoms with van der Waals surface area (Å²) in [6.45, 7) is -0.00184. The molecule has 0 radical (unpaired) electrons. The van der Waals surface area contributed by atoms with Crippen molar-refractivity contribution < 1.29 is 0 Å². The van der Waals surface area contributed by atoms with Crippen LogP contribution in [0.5, 0.6) is 0 Å². The highest BCUT2D eigenvalue weighted by Crippen LogP contribution is 2.46. The molecule has 0 aliphatic carbocycles. The van der Waals surface area contributed by atoms with Crippen molar-refractivity contribution in [2.24, 2.45) is 0 Å². The monoisotopic (exact) mass is 798 g/mol. The number of aromatic nitrogens is 4. The molecule has 0 atom stereocenters. The molecule has 0 saturated heterocycles. The molecule has 12 aromatic rings. The second kappa shape index (κ2) is 13.1. The second-order valence-electron chi connectivity index (χ2n) is 16.9. The van der Waals surface area contributed by atoms with Crippen LogP contribution in [0.4, 0.5) is 0 Å². The minimum atomic E-state index is -0.00184. The van der Waals surface area contributed by atoms with E-state index in [0.29, 0.717) is 0 Å². The molecule has 14 rings (SSSR count). The highest BCUT2D eigenvalue weighted by Gasteiger charge is 2.41. The predicted molar refractivity (Wildman–Crippen MR) is 263 cm³/mol. The summed E-state index contributed by atoms with van der Waals surface area (Å²) in [4.78, 5) is 9.23. The van der Waals surface area contributed by atoms with Gasteiger partial charge in [-0.05, 0) is 103 Å². The fourth-order valence-electron chi connectivity index (χ4n) is 11.1. The Labute approximate surface area is 364 Å². The molecule has 5 heterocycles. The molecule has 3 aromatic heterocycles. The Hall–Kier alpha value is -8.28. The molecule has 5 heteroatoms. The molecule has 290 valence electrons. The number of hydrogen-bond acceptors (Lipinski definition) is 2. The van der Waals surface area contributed by atoms with Crippen LogP contribution in [0.3, 0.4) is 0 Å². The Morgan fingerprint density at radius 3 is 1.29 bits per heavy atom. The van der Waals surface area contributed by atoms with E-state index in [1.54, 1.807) is 6.33 Å². The van der Waals surface area contributed by atoms with Gasteiger partial charge in [0.2, 0.25) is 0 Å². The topological polar surface area (TPSA) is 35.6 Å². The van der Waals surface area contributed by atoms with Gasteiger partial charge in [-0.25, -0.2) is 9.97 Å². The third-order valence-corrected chi connectivity index (χ3v) is 13.6. The van der Waals surface area contributed by atoms with Crippen molar-refractivity contribution >= 4 is 66.7 Å². The van der Waals surface area contributed by atoms with Crippen LogP contribution in [0.15, 0.2) is 213 Å². The van der Waals surface area contributed by atoms with Crippen molar-refractivity contribution in [3.63, 3.8) is 0 Å². The molecule has 0 saturated carbocycles. The van der Waals surface area contributed by atoms with Gasteiger partial charge in [0.15, 0.2) is 0 Å². The van der Waals surface area contributed by atoms with E-state index in [0.717, 1.165) is 11.3 Å². The van der Waals surface area contributed by atoms with Crippen molar-refractivity contribution in [2.45, 2.75) is 0 Å². The van der Waals surface area contributed by atoms with E-state index in [1.807, 2.05) is 12.3 Å². The Bertz CT molecular complexity index is 3590. The van der Waals surface area contributed by atoms with Gasteiger partial charge in [-0.1, -0.05) is 158 Å². The molecular formula is C58H35BN4. The van der Waals surface area contributed by atoms with Crippen LogP contribution >= 0.6 is 0 Å². The minimum Gasteiger partial charge on any atom is -0.310 e. The number of para-hydroxylation sites is 2. The van der Waals surface area contributed by atoms with Crippen LogP contribution in [0.25, 0.3) is 111 Å². The molecule has 63 heavy (non-hydrogen) atoms. The zero-order valence-corrected chi connectivity index (χ0v) is 34.1. The highest BCUT2D eigenvalue weighted by atomic mass is 15.0. The quantitative estimate of drug-likeness (QED) is 0.163. The Morgan fingerprint density at radius 1 is 0.381 bits per heavy atom. The minimum absolute atomic E-state index is 0.00184. The maximum atomic E-state index is 4.88. The van der Waals surface area contributed by atoms with E-state index >= 15 is 0 Å². The van der Waals surface area contributed by atoms with E-state index < -0.39 is 0 Å². The van der Waals surface area contributed by atoms with E-state index in [4.69, 9.17) is 4.98 Å². The van der Waals surface area contributed by atoms with Gasteiger partial charge < -0.3 is 9.13 Å². The van der Waals surface area contributed by atoms with Crippen LogP contribution in [-0.4, -0.2) is 25.8 Å². The zero-order chi connectivity index (χ0) is 41.2. The molecule has 0 bridgehead atoms. The van der Waals surface area contributed by atoms with Gasteiger partial charge in [0.05, 0.1) is 16.7 Å². The second-order valence-corrected chi connectivity index (χ2v) is 16.9. The van der Waals surface area contributed by atoms with Gasteiger partial charge >= 0.3 is 0 Å². The molecule has 9 aromatic carbocycles. The van der Waals surface area contributed by atoms with Crippen molar-refractivity contribution in [3.05, 3.63) is 213 Å². The molecular weight excluding hydrogens is 763 g/mol. The number of benzene rings is 9. The van der Waals surface area contributed by atoms with Crippen LogP contribution in [-0.2, 0) is 0 Å². The predicted octanol–water partition coefficient (Wildman–Crippen LogP) is 12.1. The SMILES string of the molecule is c1ccc(-c2cc(-c3ccccc3)c3c4cccc5c4n(c3c2)-c2cc(-c3ccncn3)cc3c2B5c2cccc4c5c(-c6ccccc6)cc(-c6ccccc6)cc5n-3c24)cc1. The third-order valence-electron chi connectivity index (χ3n) is 13.6. The lowest BCUT2D eigenvalue weighted by Crippen LogP contribution is -2.59. The Morgan fingerprint density at radius 2 is 0.841 bits per heavy atom. The Balaban J connectivity index is 1.18. The zero-order valence-electron chi connectivity index (χ0n) is 34.1. The average molecular weight is 799 g/mol. The molecule has 0 unspecified atom stereocenters.